The summed E-state index contributed by atoms with van der Waals surface area (Å²) in [6.45, 7) is 6.91. The second kappa shape index (κ2) is 8.84. The molecule has 0 spiro atoms. The van der Waals surface area contributed by atoms with Crippen LogP contribution in [0.3, 0.4) is 0 Å². The summed E-state index contributed by atoms with van der Waals surface area (Å²) < 4.78 is 6.05. The molecule has 0 aliphatic carbocycles. The lowest BCUT2D eigenvalue weighted by Crippen LogP contribution is -2.41. The molecule has 1 atom stereocenters. The van der Waals surface area contributed by atoms with Crippen molar-refractivity contribution < 1.29 is 4.74 Å². The molecule has 0 saturated carbocycles. The summed E-state index contributed by atoms with van der Waals surface area (Å²) in [5.41, 5.74) is 4.64. The molecule has 1 N–H and O–H groups in total. The van der Waals surface area contributed by atoms with Crippen molar-refractivity contribution in [3.05, 3.63) is 81.9 Å². The second-order valence-electron chi connectivity index (χ2n) is 7.68. The van der Waals surface area contributed by atoms with Crippen LogP contribution < -0.4 is 10.1 Å². The smallest absolute Gasteiger partial charge is 0.175 e. The maximum Gasteiger partial charge on any atom is 0.175 e. The van der Waals surface area contributed by atoms with Gasteiger partial charge in [0, 0.05) is 17.6 Å². The Morgan fingerprint density at radius 1 is 1.13 bits per heavy atom. The van der Waals surface area contributed by atoms with Gasteiger partial charge in [0.15, 0.2) is 17.3 Å². The number of hydrogen-bond donors (Lipinski definition) is 1. The molecule has 3 aromatic rings. The van der Waals surface area contributed by atoms with Crippen molar-refractivity contribution in [2.75, 3.05) is 6.54 Å². The van der Waals surface area contributed by atoms with Crippen LogP contribution in [0.15, 0.2) is 53.7 Å². The first-order valence-electron chi connectivity index (χ1n) is 10.1. The van der Waals surface area contributed by atoms with Crippen molar-refractivity contribution in [2.24, 2.45) is 4.99 Å². The topological polar surface area (TPSA) is 59.4 Å². The zero-order valence-corrected chi connectivity index (χ0v) is 18.2. The van der Waals surface area contributed by atoms with Gasteiger partial charge in [-0.05, 0) is 62.9 Å². The summed E-state index contributed by atoms with van der Waals surface area (Å²) in [4.78, 5) is 13.6. The number of aliphatic imine (C=N–C) groups is 1. The Kier molecular flexibility index (Phi) is 6.00. The van der Waals surface area contributed by atoms with Gasteiger partial charge in [-0.2, -0.15) is 0 Å². The van der Waals surface area contributed by atoms with Gasteiger partial charge in [-0.15, -0.1) is 0 Å². The first-order chi connectivity index (χ1) is 14.5. The third-order valence-corrected chi connectivity index (χ3v) is 5.41. The molecule has 2 aromatic carbocycles. The standard InChI is InChI=1S/C24H25ClN4O/c1-15-7-8-18(16(2)11-15)12-20-9-10-26-24(29-20)23-22(14-27-17(3)28-23)30-21-6-4-5-19(25)13-21/h4-8,11,13-14,20H,9-10,12H2,1-3H3,(H,26,29). The first-order valence-corrected chi connectivity index (χ1v) is 10.5. The maximum atomic E-state index is 6.10. The Hall–Kier alpha value is -2.92. The van der Waals surface area contributed by atoms with Crippen molar-refractivity contribution in [3.8, 4) is 11.5 Å². The first kappa shape index (κ1) is 20.4. The summed E-state index contributed by atoms with van der Waals surface area (Å²) in [5, 5.41) is 4.19. The van der Waals surface area contributed by atoms with E-state index in [4.69, 9.17) is 21.3 Å². The van der Waals surface area contributed by atoms with E-state index in [0.717, 1.165) is 25.2 Å². The number of halogens is 1. The van der Waals surface area contributed by atoms with Crippen molar-refractivity contribution in [1.29, 1.82) is 0 Å². The van der Waals surface area contributed by atoms with E-state index in [9.17, 15) is 0 Å². The fraction of sp³-hybridized carbons (Fsp3) is 0.292. The van der Waals surface area contributed by atoms with Gasteiger partial charge in [0.25, 0.3) is 0 Å². The number of benzene rings is 2. The Bertz CT molecular complexity index is 1100. The highest BCUT2D eigenvalue weighted by Gasteiger charge is 2.22. The molecule has 2 heterocycles. The number of aryl methyl sites for hydroxylation is 3. The normalized spacial score (nSPS) is 16.0. The van der Waals surface area contributed by atoms with Crippen LogP contribution in [0.25, 0.3) is 0 Å². The third kappa shape index (κ3) is 4.79. The third-order valence-electron chi connectivity index (χ3n) is 5.18. The van der Waals surface area contributed by atoms with Crippen molar-refractivity contribution >= 4 is 17.4 Å². The lowest BCUT2D eigenvalue weighted by molar-refractivity contribution is 0.473. The van der Waals surface area contributed by atoms with Crippen LogP contribution in [0.5, 0.6) is 11.5 Å². The number of hydrogen-bond acceptors (Lipinski definition) is 5. The molecule has 154 valence electrons. The van der Waals surface area contributed by atoms with E-state index in [1.807, 2.05) is 25.1 Å². The minimum absolute atomic E-state index is 0.285. The molecule has 0 saturated heterocycles. The Morgan fingerprint density at radius 3 is 2.80 bits per heavy atom. The molecule has 1 aromatic heterocycles. The molecular weight excluding hydrogens is 396 g/mol. The minimum Gasteiger partial charge on any atom is -0.453 e. The molecule has 0 fully saturated rings. The summed E-state index contributed by atoms with van der Waals surface area (Å²) >= 11 is 6.10. The van der Waals surface area contributed by atoms with Crippen LogP contribution in [0.2, 0.25) is 5.02 Å². The van der Waals surface area contributed by atoms with Crippen LogP contribution in [0, 0.1) is 20.8 Å². The molecule has 0 radical (unpaired) electrons. The monoisotopic (exact) mass is 420 g/mol. The van der Waals surface area contributed by atoms with E-state index in [2.05, 4.69) is 47.3 Å². The summed E-state index contributed by atoms with van der Waals surface area (Å²) in [7, 11) is 0. The lowest BCUT2D eigenvalue weighted by Gasteiger charge is -2.26. The van der Waals surface area contributed by atoms with E-state index < -0.39 is 0 Å². The highest BCUT2D eigenvalue weighted by atomic mass is 35.5. The van der Waals surface area contributed by atoms with Crippen molar-refractivity contribution in [2.45, 2.75) is 39.7 Å². The van der Waals surface area contributed by atoms with Gasteiger partial charge in [0.1, 0.15) is 11.6 Å². The summed E-state index contributed by atoms with van der Waals surface area (Å²) in [6, 6.07) is 14.2. The fourth-order valence-corrected chi connectivity index (χ4v) is 3.82. The molecule has 1 unspecified atom stereocenters. The summed E-state index contributed by atoms with van der Waals surface area (Å²) in [5.74, 6) is 2.61. The zero-order chi connectivity index (χ0) is 21.1. The van der Waals surface area contributed by atoms with Gasteiger partial charge < -0.3 is 10.1 Å². The largest absolute Gasteiger partial charge is 0.453 e. The molecule has 1 aliphatic heterocycles. The van der Waals surface area contributed by atoms with Crippen LogP contribution in [-0.4, -0.2) is 28.4 Å². The number of ether oxygens (including phenoxy) is 1. The predicted octanol–water partition coefficient (Wildman–Crippen LogP) is 5.20. The van der Waals surface area contributed by atoms with E-state index in [1.165, 1.54) is 16.7 Å². The molecule has 5 nitrogen and oxygen atoms in total. The van der Waals surface area contributed by atoms with Crippen LogP contribution in [0.1, 0.15) is 34.6 Å². The number of nitrogens with zero attached hydrogens (tertiary/aromatic N) is 3. The van der Waals surface area contributed by atoms with E-state index >= 15 is 0 Å². The molecule has 30 heavy (non-hydrogen) atoms. The molecular formula is C24H25ClN4O. The average Bonchev–Trinajstić information content (AvgIpc) is 2.72. The van der Waals surface area contributed by atoms with E-state index in [0.29, 0.717) is 28.0 Å². The van der Waals surface area contributed by atoms with Crippen LogP contribution in [-0.2, 0) is 6.42 Å². The highest BCUT2D eigenvalue weighted by Crippen LogP contribution is 2.27. The van der Waals surface area contributed by atoms with Gasteiger partial charge in [0.05, 0.1) is 6.20 Å². The van der Waals surface area contributed by atoms with Gasteiger partial charge in [-0.25, -0.2) is 9.97 Å². The molecule has 1 aliphatic rings. The zero-order valence-electron chi connectivity index (χ0n) is 17.4. The Balaban J connectivity index is 1.57. The second-order valence-corrected chi connectivity index (χ2v) is 8.12. The predicted molar refractivity (Wildman–Crippen MR) is 121 cm³/mol. The fourth-order valence-electron chi connectivity index (χ4n) is 3.64. The number of nitrogens with one attached hydrogen (secondary N) is 1. The van der Waals surface area contributed by atoms with Gasteiger partial charge >= 0.3 is 0 Å². The quantitative estimate of drug-likeness (QED) is 0.616. The molecule has 0 amide bonds. The van der Waals surface area contributed by atoms with E-state index in [-0.39, 0.29) is 6.04 Å². The average molecular weight is 421 g/mol. The number of amidine groups is 1. The Morgan fingerprint density at radius 2 is 2.00 bits per heavy atom. The van der Waals surface area contributed by atoms with Gasteiger partial charge in [0.2, 0.25) is 0 Å². The Labute approximate surface area is 182 Å². The van der Waals surface area contributed by atoms with E-state index in [1.54, 1.807) is 12.3 Å². The van der Waals surface area contributed by atoms with Crippen molar-refractivity contribution in [3.63, 3.8) is 0 Å². The molecule has 6 heteroatoms. The lowest BCUT2D eigenvalue weighted by atomic mass is 9.97. The molecule has 0 bridgehead atoms. The highest BCUT2D eigenvalue weighted by molar-refractivity contribution is 6.30. The number of rotatable bonds is 5. The minimum atomic E-state index is 0.285. The molecule has 4 rings (SSSR count). The van der Waals surface area contributed by atoms with Crippen molar-refractivity contribution in [1.82, 2.24) is 15.3 Å². The van der Waals surface area contributed by atoms with Crippen LogP contribution >= 0.6 is 11.6 Å². The number of aromatic nitrogens is 2. The SMILES string of the molecule is Cc1ccc(CC2CCN=C(c3nc(C)ncc3Oc3cccc(Cl)c3)N2)c(C)c1. The van der Waals surface area contributed by atoms with Gasteiger partial charge in [-0.1, -0.05) is 41.4 Å². The van der Waals surface area contributed by atoms with Gasteiger partial charge in [-0.3, -0.25) is 4.99 Å². The summed E-state index contributed by atoms with van der Waals surface area (Å²) in [6.07, 6.45) is 3.61. The van der Waals surface area contributed by atoms with Crippen LogP contribution in [0.4, 0.5) is 0 Å². The maximum absolute atomic E-state index is 6.10.